The van der Waals surface area contributed by atoms with Crippen LogP contribution in [-0.2, 0) is 11.4 Å². The molecule has 2 bridgehead atoms. The summed E-state index contributed by atoms with van der Waals surface area (Å²) in [5.41, 5.74) is -3.55. The molecule has 4 unspecified atom stereocenters. The van der Waals surface area contributed by atoms with Gasteiger partial charge in [-0.15, -0.1) is 11.8 Å². The number of rotatable bonds is 10. The van der Waals surface area contributed by atoms with Crippen molar-refractivity contribution in [2.24, 2.45) is 11.8 Å². The topological polar surface area (TPSA) is 75.6 Å². The third-order valence-electron chi connectivity index (χ3n) is 8.01. The smallest absolute Gasteiger partial charge is 0.446 e. The highest BCUT2D eigenvalue weighted by atomic mass is 32.2. The number of thioether (sulfide) groups is 2. The number of alkyl halides is 3. The van der Waals surface area contributed by atoms with E-state index in [1.165, 1.54) is 31.4 Å². The molecule has 2 N–H and O–H groups in total. The number of amides is 1. The minimum absolute atomic E-state index is 0.0131. The highest BCUT2D eigenvalue weighted by molar-refractivity contribution is 8.01. The molecule has 0 saturated heterocycles. The van der Waals surface area contributed by atoms with Crippen LogP contribution >= 0.6 is 23.5 Å². The van der Waals surface area contributed by atoms with Crippen molar-refractivity contribution in [1.82, 2.24) is 5.32 Å². The number of hydrogen-bond donors (Lipinski definition) is 2. The molecule has 5 rings (SSSR count). The summed E-state index contributed by atoms with van der Waals surface area (Å²) in [6, 6.07) is 15.5. The molecule has 0 spiro atoms. The number of aliphatic carboxylic acids is 1. The molecule has 4 atom stereocenters. The second-order valence-corrected chi connectivity index (χ2v) is 14.4. The standard InChI is InChI=1S/C31H32F3NO4S2/c1-30(2,41-25-16-19-7-10-21(25)15-19)27(29(37)38)35-28(36)24-14-11-20-5-3-4-6-23(20)26(24)39-17-18-8-12-22(13-9-18)40-31(32,33)34/h3-6,8-9,11-14,19,21,25,27H,7,10,15-17H2,1-2H3,(H,35,36)(H,37,38). The van der Waals surface area contributed by atoms with Gasteiger partial charge >= 0.3 is 11.5 Å². The minimum Gasteiger partial charge on any atom is -0.487 e. The van der Waals surface area contributed by atoms with Gasteiger partial charge in [0.2, 0.25) is 0 Å². The van der Waals surface area contributed by atoms with Gasteiger partial charge in [-0.3, -0.25) is 4.79 Å². The van der Waals surface area contributed by atoms with Gasteiger partial charge in [-0.25, -0.2) is 4.79 Å². The quantitative estimate of drug-likeness (QED) is 0.229. The van der Waals surface area contributed by atoms with E-state index < -0.39 is 28.2 Å². The number of carboxylic acid groups (broad SMARTS) is 1. The van der Waals surface area contributed by atoms with Gasteiger partial charge in [0.05, 0.1) is 5.56 Å². The van der Waals surface area contributed by atoms with E-state index in [2.05, 4.69) is 5.32 Å². The number of carboxylic acids is 1. The second kappa shape index (κ2) is 11.8. The molecule has 3 aromatic carbocycles. The van der Waals surface area contributed by atoms with E-state index in [0.717, 1.165) is 17.7 Å². The van der Waals surface area contributed by atoms with Crippen LogP contribution in [0, 0.1) is 11.8 Å². The molecule has 2 saturated carbocycles. The molecule has 0 heterocycles. The predicted molar refractivity (Wildman–Crippen MR) is 156 cm³/mol. The van der Waals surface area contributed by atoms with E-state index in [1.54, 1.807) is 36.0 Å². The van der Waals surface area contributed by atoms with Crippen molar-refractivity contribution in [2.75, 3.05) is 0 Å². The molecule has 3 aromatic rings. The Balaban J connectivity index is 1.36. The van der Waals surface area contributed by atoms with Gasteiger partial charge in [-0.1, -0.05) is 48.9 Å². The van der Waals surface area contributed by atoms with E-state index in [-0.39, 0.29) is 34.6 Å². The Bertz CT molecular complexity index is 1430. The Morgan fingerprint density at radius 3 is 2.39 bits per heavy atom. The van der Waals surface area contributed by atoms with E-state index >= 15 is 0 Å². The largest absolute Gasteiger partial charge is 0.487 e. The summed E-state index contributed by atoms with van der Waals surface area (Å²) in [4.78, 5) is 26.2. The molecule has 1 amide bonds. The number of benzene rings is 3. The molecule has 10 heteroatoms. The fourth-order valence-corrected chi connectivity index (χ4v) is 8.47. The van der Waals surface area contributed by atoms with E-state index in [1.807, 2.05) is 38.1 Å². The van der Waals surface area contributed by atoms with Gasteiger partial charge in [-0.05, 0) is 85.9 Å². The predicted octanol–water partition coefficient (Wildman–Crippen LogP) is 7.91. The number of carbonyl (C=O) groups is 2. The SMILES string of the molecule is CC(C)(SC1CC2CCC1C2)C(NC(=O)c1ccc2ccccc2c1OCc1ccc(SC(F)(F)F)cc1)C(=O)O. The van der Waals surface area contributed by atoms with Gasteiger partial charge in [-0.2, -0.15) is 13.2 Å². The second-order valence-electron chi connectivity index (χ2n) is 11.3. The van der Waals surface area contributed by atoms with Crippen molar-refractivity contribution in [1.29, 1.82) is 0 Å². The van der Waals surface area contributed by atoms with Crippen LogP contribution in [0.1, 0.15) is 55.5 Å². The third-order valence-corrected chi connectivity index (χ3v) is 10.5. The zero-order valence-electron chi connectivity index (χ0n) is 22.7. The molecule has 2 aliphatic carbocycles. The normalized spacial score (nSPS) is 21.1. The minimum atomic E-state index is -4.37. The number of hydrogen-bond acceptors (Lipinski definition) is 5. The fraction of sp³-hybridized carbons (Fsp3) is 0.419. The zero-order valence-corrected chi connectivity index (χ0v) is 24.4. The number of fused-ring (bicyclic) bond motifs is 3. The zero-order chi connectivity index (χ0) is 29.4. The Morgan fingerprint density at radius 1 is 1.02 bits per heavy atom. The Kier molecular flexibility index (Phi) is 8.53. The lowest BCUT2D eigenvalue weighted by Crippen LogP contribution is -2.53. The molecular weight excluding hydrogens is 571 g/mol. The molecule has 218 valence electrons. The summed E-state index contributed by atoms with van der Waals surface area (Å²) in [7, 11) is 0. The van der Waals surface area contributed by atoms with Crippen LogP contribution in [0.3, 0.4) is 0 Å². The van der Waals surface area contributed by atoms with Gasteiger partial charge in [0.15, 0.2) is 0 Å². The third kappa shape index (κ3) is 6.97. The van der Waals surface area contributed by atoms with Gasteiger partial charge in [0.1, 0.15) is 18.4 Å². The Labute approximate surface area is 245 Å². The summed E-state index contributed by atoms with van der Waals surface area (Å²) in [5, 5.41) is 14.8. The summed E-state index contributed by atoms with van der Waals surface area (Å²) in [6.07, 6.45) is 4.74. The summed E-state index contributed by atoms with van der Waals surface area (Å²) in [5.74, 6) is -0.0353. The number of nitrogens with one attached hydrogen (secondary N) is 1. The highest BCUT2D eigenvalue weighted by Crippen LogP contribution is 2.52. The van der Waals surface area contributed by atoms with Crippen molar-refractivity contribution >= 4 is 46.2 Å². The van der Waals surface area contributed by atoms with E-state index in [0.29, 0.717) is 22.1 Å². The maximum Gasteiger partial charge on any atom is 0.446 e. The van der Waals surface area contributed by atoms with Crippen LogP contribution in [0.4, 0.5) is 13.2 Å². The first-order valence-electron chi connectivity index (χ1n) is 13.6. The first kappa shape index (κ1) is 29.6. The van der Waals surface area contributed by atoms with Gasteiger partial charge in [0.25, 0.3) is 5.91 Å². The number of halogens is 3. The van der Waals surface area contributed by atoms with Crippen molar-refractivity contribution in [3.05, 3.63) is 71.8 Å². The maximum atomic E-state index is 13.7. The van der Waals surface area contributed by atoms with Crippen LogP contribution in [0.5, 0.6) is 5.75 Å². The van der Waals surface area contributed by atoms with Crippen molar-refractivity contribution in [2.45, 2.75) is 72.6 Å². The van der Waals surface area contributed by atoms with Crippen molar-refractivity contribution < 1.29 is 32.6 Å². The molecule has 0 radical (unpaired) electrons. The van der Waals surface area contributed by atoms with Crippen LogP contribution in [0.15, 0.2) is 65.6 Å². The Morgan fingerprint density at radius 2 is 1.76 bits per heavy atom. The molecule has 0 aliphatic heterocycles. The molecular formula is C31H32F3NO4S2. The lowest BCUT2D eigenvalue weighted by Gasteiger charge is -2.36. The van der Waals surface area contributed by atoms with E-state index in [4.69, 9.17) is 4.74 Å². The van der Waals surface area contributed by atoms with Gasteiger partial charge < -0.3 is 15.2 Å². The first-order chi connectivity index (χ1) is 19.4. The summed E-state index contributed by atoms with van der Waals surface area (Å²) in [6.45, 7) is 3.77. The average molecular weight is 604 g/mol. The monoisotopic (exact) mass is 603 g/mol. The lowest BCUT2D eigenvalue weighted by atomic mass is 10.00. The number of ether oxygens (including phenoxy) is 1. The molecule has 41 heavy (non-hydrogen) atoms. The Hall–Kier alpha value is -2.85. The van der Waals surface area contributed by atoms with Crippen LogP contribution in [0.2, 0.25) is 0 Å². The maximum absolute atomic E-state index is 13.7. The molecule has 0 aromatic heterocycles. The first-order valence-corrected chi connectivity index (χ1v) is 15.3. The lowest BCUT2D eigenvalue weighted by molar-refractivity contribution is -0.139. The van der Waals surface area contributed by atoms with Crippen LogP contribution in [0.25, 0.3) is 10.8 Å². The average Bonchev–Trinajstić information content (AvgIpc) is 3.53. The van der Waals surface area contributed by atoms with E-state index in [9.17, 15) is 27.9 Å². The number of carbonyl (C=O) groups excluding carboxylic acids is 1. The van der Waals surface area contributed by atoms with Crippen molar-refractivity contribution in [3.8, 4) is 5.75 Å². The molecule has 5 nitrogen and oxygen atoms in total. The fourth-order valence-electron chi connectivity index (χ4n) is 6.05. The molecule has 2 aliphatic rings. The van der Waals surface area contributed by atoms with Crippen molar-refractivity contribution in [3.63, 3.8) is 0 Å². The molecule has 2 fully saturated rings. The summed E-state index contributed by atoms with van der Waals surface area (Å²) >= 11 is 1.48. The van der Waals surface area contributed by atoms with Crippen LogP contribution < -0.4 is 10.1 Å². The summed E-state index contributed by atoms with van der Waals surface area (Å²) < 4.78 is 43.5. The van der Waals surface area contributed by atoms with Gasteiger partial charge in [0, 0.05) is 20.3 Å². The highest BCUT2D eigenvalue weighted by Gasteiger charge is 2.46. The van der Waals surface area contributed by atoms with Crippen LogP contribution in [-0.4, -0.2) is 38.5 Å².